The number of para-hydroxylation sites is 1. The van der Waals surface area contributed by atoms with Crippen LogP contribution in [-0.4, -0.2) is 24.7 Å². The van der Waals surface area contributed by atoms with Gasteiger partial charge in [-0.05, 0) is 42.8 Å². The Morgan fingerprint density at radius 2 is 2.11 bits per heavy atom. The number of halogens is 1. The minimum absolute atomic E-state index is 0.135. The summed E-state index contributed by atoms with van der Waals surface area (Å²) in [7, 11) is 1.53. The number of hydrogen-bond acceptors (Lipinski definition) is 6. The first-order valence-corrected chi connectivity index (χ1v) is 9.49. The van der Waals surface area contributed by atoms with E-state index in [1.165, 1.54) is 24.5 Å². The van der Waals surface area contributed by atoms with Crippen LogP contribution in [0.25, 0.3) is 16.3 Å². The summed E-state index contributed by atoms with van der Waals surface area (Å²) in [6, 6.07) is 11.3. The first kappa shape index (κ1) is 19.2. The van der Waals surface area contributed by atoms with Gasteiger partial charge in [-0.1, -0.05) is 23.7 Å². The fraction of sp³-hybridized carbons (Fsp3) is 0.200. The number of nitrogens with zero attached hydrogens (tertiary/aromatic N) is 1. The summed E-state index contributed by atoms with van der Waals surface area (Å²) in [5, 5.41) is 1.16. The molecular formula is C20H18ClNO4S. The maximum absolute atomic E-state index is 12.0. The van der Waals surface area contributed by atoms with Gasteiger partial charge < -0.3 is 14.2 Å². The van der Waals surface area contributed by atoms with Crippen LogP contribution < -0.4 is 9.47 Å². The van der Waals surface area contributed by atoms with E-state index in [1.807, 2.05) is 31.2 Å². The molecule has 2 aromatic carbocycles. The van der Waals surface area contributed by atoms with Gasteiger partial charge in [-0.3, -0.25) is 0 Å². The molecule has 3 rings (SSSR count). The van der Waals surface area contributed by atoms with Crippen LogP contribution in [0.5, 0.6) is 11.5 Å². The van der Waals surface area contributed by atoms with E-state index in [9.17, 15) is 4.79 Å². The number of aromatic nitrogens is 1. The highest BCUT2D eigenvalue weighted by atomic mass is 35.5. The monoisotopic (exact) mass is 403 g/mol. The fourth-order valence-corrected chi connectivity index (χ4v) is 3.65. The summed E-state index contributed by atoms with van der Waals surface area (Å²) in [6.07, 6.45) is 2.97. The average Bonchev–Trinajstić information content (AvgIpc) is 3.08. The van der Waals surface area contributed by atoms with Crippen molar-refractivity contribution in [1.82, 2.24) is 4.98 Å². The molecule has 0 amide bonds. The molecule has 0 unspecified atom stereocenters. The zero-order chi connectivity index (χ0) is 19.2. The molecule has 1 heterocycles. The Morgan fingerprint density at radius 3 is 2.85 bits per heavy atom. The van der Waals surface area contributed by atoms with Crippen LogP contribution in [0.3, 0.4) is 0 Å². The number of ether oxygens (including phenoxy) is 3. The molecule has 0 N–H and O–H groups in total. The van der Waals surface area contributed by atoms with Crippen LogP contribution in [0.1, 0.15) is 17.5 Å². The number of thiazole rings is 1. The predicted molar refractivity (Wildman–Crippen MR) is 108 cm³/mol. The van der Waals surface area contributed by atoms with Crippen LogP contribution in [0.4, 0.5) is 0 Å². The zero-order valence-corrected chi connectivity index (χ0v) is 16.5. The van der Waals surface area contributed by atoms with E-state index in [2.05, 4.69) is 4.98 Å². The highest BCUT2D eigenvalue weighted by Crippen LogP contribution is 2.36. The summed E-state index contributed by atoms with van der Waals surface area (Å²) < 4.78 is 17.1. The molecule has 0 fully saturated rings. The normalized spacial score (nSPS) is 11.1. The predicted octanol–water partition coefficient (Wildman–Crippen LogP) is 5.11. The van der Waals surface area contributed by atoms with Crippen molar-refractivity contribution in [1.29, 1.82) is 0 Å². The van der Waals surface area contributed by atoms with Crippen molar-refractivity contribution in [3.63, 3.8) is 0 Å². The number of fused-ring (bicyclic) bond motifs is 1. The third-order valence-corrected chi connectivity index (χ3v) is 4.91. The second kappa shape index (κ2) is 8.88. The lowest BCUT2D eigenvalue weighted by molar-refractivity contribution is -0.138. The van der Waals surface area contributed by atoms with Crippen molar-refractivity contribution in [3.05, 3.63) is 58.1 Å². The Morgan fingerprint density at radius 1 is 1.30 bits per heavy atom. The van der Waals surface area contributed by atoms with Gasteiger partial charge in [-0.2, -0.15) is 0 Å². The molecule has 0 radical (unpaired) electrons. The van der Waals surface area contributed by atoms with Crippen LogP contribution in [-0.2, 0) is 16.1 Å². The van der Waals surface area contributed by atoms with E-state index >= 15 is 0 Å². The van der Waals surface area contributed by atoms with Crippen LogP contribution in [0.2, 0.25) is 5.02 Å². The van der Waals surface area contributed by atoms with Gasteiger partial charge in [0, 0.05) is 6.08 Å². The Hall–Kier alpha value is -2.57. The minimum Gasteiger partial charge on any atom is -0.491 e. The van der Waals surface area contributed by atoms with Crippen molar-refractivity contribution < 1.29 is 19.0 Å². The summed E-state index contributed by atoms with van der Waals surface area (Å²) in [5.74, 6) is 0.531. The van der Waals surface area contributed by atoms with Crippen LogP contribution >= 0.6 is 22.9 Å². The van der Waals surface area contributed by atoms with E-state index in [0.717, 1.165) is 15.2 Å². The number of methoxy groups -OCH3 is 1. The molecule has 0 aliphatic carbocycles. The molecule has 3 aromatic rings. The fourth-order valence-electron chi connectivity index (χ4n) is 2.47. The first-order valence-electron chi connectivity index (χ1n) is 8.30. The van der Waals surface area contributed by atoms with Crippen LogP contribution in [0, 0.1) is 0 Å². The van der Waals surface area contributed by atoms with Gasteiger partial charge in [-0.25, -0.2) is 9.78 Å². The highest BCUT2D eigenvalue weighted by molar-refractivity contribution is 7.18. The molecule has 7 heteroatoms. The molecule has 0 bridgehead atoms. The van der Waals surface area contributed by atoms with E-state index in [-0.39, 0.29) is 6.61 Å². The van der Waals surface area contributed by atoms with Gasteiger partial charge in [-0.15, -0.1) is 11.3 Å². The molecule has 0 aliphatic rings. The second-order valence-electron chi connectivity index (χ2n) is 5.48. The first-order chi connectivity index (χ1) is 13.1. The van der Waals surface area contributed by atoms with Gasteiger partial charge >= 0.3 is 5.97 Å². The standard InChI is InChI=1S/C20H18ClNO4S/c1-3-25-16-11-13(10-14(21)20(16)24-2)8-9-19(23)26-12-18-22-15-6-4-5-7-17(15)27-18/h4-11H,3,12H2,1-2H3/b9-8+. The molecule has 0 aliphatic heterocycles. The molecule has 140 valence electrons. The largest absolute Gasteiger partial charge is 0.491 e. The number of hydrogen-bond donors (Lipinski definition) is 0. The van der Waals surface area contributed by atoms with E-state index in [0.29, 0.717) is 28.7 Å². The lowest BCUT2D eigenvalue weighted by atomic mass is 10.2. The summed E-state index contributed by atoms with van der Waals surface area (Å²) in [6.45, 7) is 2.48. The zero-order valence-electron chi connectivity index (χ0n) is 14.9. The maximum atomic E-state index is 12.0. The maximum Gasteiger partial charge on any atom is 0.331 e. The summed E-state index contributed by atoms with van der Waals surface area (Å²) in [5.41, 5.74) is 1.61. The topological polar surface area (TPSA) is 57.7 Å². The van der Waals surface area contributed by atoms with Crippen molar-refractivity contribution in [2.24, 2.45) is 0 Å². The molecule has 1 aromatic heterocycles. The van der Waals surface area contributed by atoms with E-state index in [1.54, 1.807) is 18.2 Å². The molecular weight excluding hydrogens is 386 g/mol. The Balaban J connectivity index is 1.65. The lowest BCUT2D eigenvalue weighted by Crippen LogP contribution is -2.00. The van der Waals surface area contributed by atoms with Gasteiger partial charge in [0.2, 0.25) is 0 Å². The number of benzene rings is 2. The van der Waals surface area contributed by atoms with Crippen molar-refractivity contribution in [3.8, 4) is 11.5 Å². The van der Waals surface area contributed by atoms with E-state index < -0.39 is 5.97 Å². The summed E-state index contributed by atoms with van der Waals surface area (Å²) in [4.78, 5) is 16.4. The van der Waals surface area contributed by atoms with Crippen molar-refractivity contribution in [2.45, 2.75) is 13.5 Å². The lowest BCUT2D eigenvalue weighted by Gasteiger charge is -2.11. The molecule has 0 saturated heterocycles. The van der Waals surface area contributed by atoms with Gasteiger partial charge in [0.15, 0.2) is 11.5 Å². The number of carbonyl (C=O) groups excluding carboxylic acids is 1. The molecule has 5 nitrogen and oxygen atoms in total. The van der Waals surface area contributed by atoms with Gasteiger partial charge in [0.1, 0.15) is 11.6 Å². The van der Waals surface area contributed by atoms with E-state index in [4.69, 9.17) is 25.8 Å². The van der Waals surface area contributed by atoms with Crippen LogP contribution in [0.15, 0.2) is 42.5 Å². The molecule has 0 spiro atoms. The molecule has 0 atom stereocenters. The average molecular weight is 404 g/mol. The number of carbonyl (C=O) groups is 1. The van der Waals surface area contributed by atoms with Crippen molar-refractivity contribution in [2.75, 3.05) is 13.7 Å². The second-order valence-corrected chi connectivity index (χ2v) is 7.01. The third-order valence-electron chi connectivity index (χ3n) is 3.62. The Labute approximate surface area is 166 Å². The number of rotatable bonds is 7. The quantitative estimate of drug-likeness (QED) is 0.405. The smallest absolute Gasteiger partial charge is 0.331 e. The SMILES string of the molecule is CCOc1cc(/C=C/C(=O)OCc2nc3ccccc3s2)cc(Cl)c1OC. The minimum atomic E-state index is -0.459. The van der Waals surface area contributed by atoms with Gasteiger partial charge in [0.25, 0.3) is 0 Å². The highest BCUT2D eigenvalue weighted by Gasteiger charge is 2.11. The summed E-state index contributed by atoms with van der Waals surface area (Å²) >= 11 is 7.71. The number of esters is 1. The third kappa shape index (κ3) is 4.78. The molecule has 0 saturated carbocycles. The van der Waals surface area contributed by atoms with Gasteiger partial charge in [0.05, 0.1) is 29.0 Å². The molecule has 27 heavy (non-hydrogen) atoms. The van der Waals surface area contributed by atoms with Crippen molar-refractivity contribution >= 4 is 45.2 Å². The Kier molecular flexibility index (Phi) is 6.32. The Bertz CT molecular complexity index is 950.